The molecule has 3 aromatic carbocycles. The van der Waals surface area contributed by atoms with Crippen molar-refractivity contribution >= 4 is 27.6 Å². The molecular formula is C25H22N4O. The van der Waals surface area contributed by atoms with Crippen LogP contribution < -0.4 is 10.9 Å². The molecule has 0 radical (unpaired) electrons. The first-order valence-electron chi connectivity index (χ1n) is 9.98. The average Bonchev–Trinajstić information content (AvgIpc) is 3.16. The van der Waals surface area contributed by atoms with E-state index in [1.807, 2.05) is 55.5 Å². The molecule has 5 nitrogen and oxygen atoms in total. The maximum absolute atomic E-state index is 12.4. The molecule has 2 aromatic heterocycles. The minimum absolute atomic E-state index is 0.0604. The van der Waals surface area contributed by atoms with E-state index in [1.54, 1.807) is 0 Å². The van der Waals surface area contributed by atoms with Gasteiger partial charge in [0.2, 0.25) is 0 Å². The zero-order chi connectivity index (χ0) is 20.7. The summed E-state index contributed by atoms with van der Waals surface area (Å²) in [4.78, 5) is 23.4. The molecule has 0 saturated heterocycles. The lowest BCUT2D eigenvalue weighted by Crippen LogP contribution is -2.15. The van der Waals surface area contributed by atoms with Crippen molar-refractivity contribution in [3.05, 3.63) is 93.8 Å². The van der Waals surface area contributed by atoms with Gasteiger partial charge in [-0.1, -0.05) is 18.2 Å². The third-order valence-corrected chi connectivity index (χ3v) is 5.36. The van der Waals surface area contributed by atoms with Gasteiger partial charge in [0.15, 0.2) is 0 Å². The van der Waals surface area contributed by atoms with E-state index in [4.69, 9.17) is 0 Å². The van der Waals surface area contributed by atoms with Crippen molar-refractivity contribution in [3.63, 3.8) is 0 Å². The predicted octanol–water partition coefficient (Wildman–Crippen LogP) is 5.30. The molecule has 0 unspecified atom stereocenters. The second-order valence-electron chi connectivity index (χ2n) is 7.75. The Kier molecular flexibility index (Phi) is 4.36. The Morgan fingerprint density at radius 2 is 1.57 bits per heavy atom. The van der Waals surface area contributed by atoms with Crippen LogP contribution in [0.3, 0.4) is 0 Å². The highest BCUT2D eigenvalue weighted by Gasteiger charge is 2.07. The number of aromatic amines is 2. The normalized spacial score (nSPS) is 11.3. The first-order chi connectivity index (χ1) is 14.5. The minimum Gasteiger partial charge on any atom is -0.381 e. The van der Waals surface area contributed by atoms with Gasteiger partial charge < -0.3 is 15.3 Å². The van der Waals surface area contributed by atoms with E-state index in [-0.39, 0.29) is 5.56 Å². The number of fused-ring (bicyclic) bond motifs is 2. The van der Waals surface area contributed by atoms with Gasteiger partial charge in [-0.05, 0) is 78.9 Å². The average molecular weight is 394 g/mol. The molecule has 5 rings (SSSR count). The highest BCUT2D eigenvalue weighted by molar-refractivity contribution is 5.81. The number of H-pyrrole nitrogens is 2. The molecule has 0 aliphatic carbocycles. The number of benzene rings is 3. The summed E-state index contributed by atoms with van der Waals surface area (Å²) in [5.41, 5.74) is 7.83. The van der Waals surface area contributed by atoms with Crippen LogP contribution in [0.5, 0.6) is 0 Å². The summed E-state index contributed by atoms with van der Waals surface area (Å²) >= 11 is 0. The van der Waals surface area contributed by atoms with Crippen molar-refractivity contribution in [2.24, 2.45) is 0 Å². The number of nitrogens with one attached hydrogen (secondary N) is 3. The van der Waals surface area contributed by atoms with E-state index < -0.39 is 0 Å². The molecular weight excluding hydrogens is 372 g/mol. The first kappa shape index (κ1) is 18.2. The van der Waals surface area contributed by atoms with Gasteiger partial charge in [-0.25, -0.2) is 4.98 Å². The van der Waals surface area contributed by atoms with Gasteiger partial charge in [0.25, 0.3) is 5.56 Å². The molecule has 0 fully saturated rings. The lowest BCUT2D eigenvalue weighted by molar-refractivity contribution is 1.09. The van der Waals surface area contributed by atoms with Crippen molar-refractivity contribution < 1.29 is 0 Å². The van der Waals surface area contributed by atoms with Crippen molar-refractivity contribution in [2.75, 3.05) is 5.32 Å². The molecule has 0 spiro atoms. The van der Waals surface area contributed by atoms with E-state index in [1.165, 1.54) is 5.56 Å². The molecule has 0 aliphatic rings. The summed E-state index contributed by atoms with van der Waals surface area (Å²) in [6.07, 6.45) is 0. The summed E-state index contributed by atoms with van der Waals surface area (Å²) in [6, 6.07) is 22.3. The lowest BCUT2D eigenvalue weighted by Gasteiger charge is -2.08. The topological polar surface area (TPSA) is 73.6 Å². The second kappa shape index (κ2) is 7.19. The highest BCUT2D eigenvalue weighted by Crippen LogP contribution is 2.23. The molecule has 2 heterocycles. The first-order valence-corrected chi connectivity index (χ1v) is 9.98. The molecule has 5 aromatic rings. The van der Waals surface area contributed by atoms with E-state index in [0.717, 1.165) is 44.6 Å². The molecule has 0 atom stereocenters. The molecule has 0 saturated carbocycles. The molecule has 0 bridgehead atoms. The number of rotatable bonds is 4. The summed E-state index contributed by atoms with van der Waals surface area (Å²) in [6.45, 7) is 4.55. The Bertz CT molecular complexity index is 1430. The van der Waals surface area contributed by atoms with Crippen molar-refractivity contribution in [2.45, 2.75) is 20.4 Å². The fourth-order valence-corrected chi connectivity index (χ4v) is 3.69. The van der Waals surface area contributed by atoms with Gasteiger partial charge in [0, 0.05) is 28.9 Å². The van der Waals surface area contributed by atoms with Gasteiger partial charge in [-0.2, -0.15) is 0 Å². The van der Waals surface area contributed by atoms with Crippen molar-refractivity contribution in [3.8, 4) is 11.4 Å². The SMILES string of the molecule is Cc1ccc2cc(CNc3ccc(-c4nc5ccc(C)cc5[nH]4)cc3)c(=O)[nH]c2c1. The molecule has 148 valence electrons. The van der Waals surface area contributed by atoms with Gasteiger partial charge in [0.1, 0.15) is 5.82 Å². The summed E-state index contributed by atoms with van der Waals surface area (Å²) in [7, 11) is 0. The van der Waals surface area contributed by atoms with Gasteiger partial charge in [-0.3, -0.25) is 4.79 Å². The largest absolute Gasteiger partial charge is 0.381 e. The number of hydrogen-bond donors (Lipinski definition) is 3. The molecule has 0 amide bonds. The van der Waals surface area contributed by atoms with E-state index >= 15 is 0 Å². The number of nitrogens with zero attached hydrogens (tertiary/aromatic N) is 1. The lowest BCUT2D eigenvalue weighted by atomic mass is 10.1. The van der Waals surface area contributed by atoms with Crippen LogP contribution in [0.25, 0.3) is 33.3 Å². The van der Waals surface area contributed by atoms with E-state index in [0.29, 0.717) is 12.1 Å². The third-order valence-electron chi connectivity index (χ3n) is 5.36. The van der Waals surface area contributed by atoms with Crippen molar-refractivity contribution in [1.29, 1.82) is 0 Å². The van der Waals surface area contributed by atoms with Crippen LogP contribution in [0.1, 0.15) is 16.7 Å². The van der Waals surface area contributed by atoms with Crippen LogP contribution >= 0.6 is 0 Å². The second-order valence-corrected chi connectivity index (χ2v) is 7.75. The third kappa shape index (κ3) is 3.46. The van der Waals surface area contributed by atoms with E-state index in [9.17, 15) is 4.79 Å². The van der Waals surface area contributed by atoms with Crippen LogP contribution in [0.4, 0.5) is 5.69 Å². The number of anilines is 1. The predicted molar refractivity (Wildman–Crippen MR) is 123 cm³/mol. The van der Waals surface area contributed by atoms with Crippen molar-refractivity contribution in [1.82, 2.24) is 15.0 Å². The summed E-state index contributed by atoms with van der Waals surface area (Å²) in [5, 5.41) is 4.37. The standard InChI is InChI=1S/C25H22N4O/c1-15-3-5-18-13-19(25(30)29-22(18)11-15)14-26-20-8-6-17(7-9-20)24-27-21-10-4-16(2)12-23(21)28-24/h3-13,26H,14H2,1-2H3,(H,27,28)(H,29,30). The molecule has 3 N–H and O–H groups in total. The number of aryl methyl sites for hydroxylation is 2. The van der Waals surface area contributed by atoms with Crippen LogP contribution in [0.15, 0.2) is 71.5 Å². The smallest absolute Gasteiger partial charge is 0.253 e. The van der Waals surface area contributed by atoms with Gasteiger partial charge in [0.05, 0.1) is 11.0 Å². The Morgan fingerprint density at radius 1 is 0.833 bits per heavy atom. The fourth-order valence-electron chi connectivity index (χ4n) is 3.69. The van der Waals surface area contributed by atoms with Crippen LogP contribution in [0.2, 0.25) is 0 Å². The number of imidazole rings is 1. The van der Waals surface area contributed by atoms with Crippen LogP contribution in [0, 0.1) is 13.8 Å². The van der Waals surface area contributed by atoms with Gasteiger partial charge >= 0.3 is 0 Å². The van der Waals surface area contributed by atoms with Crippen LogP contribution in [-0.2, 0) is 6.54 Å². The zero-order valence-electron chi connectivity index (χ0n) is 16.9. The number of aromatic nitrogens is 3. The van der Waals surface area contributed by atoms with E-state index in [2.05, 4.69) is 45.4 Å². The van der Waals surface area contributed by atoms with Crippen LogP contribution in [-0.4, -0.2) is 15.0 Å². The number of hydrogen-bond acceptors (Lipinski definition) is 3. The Morgan fingerprint density at radius 3 is 2.37 bits per heavy atom. The molecule has 0 aliphatic heterocycles. The Labute approximate surface area is 173 Å². The zero-order valence-corrected chi connectivity index (χ0v) is 16.9. The Hall–Kier alpha value is -3.86. The summed E-state index contributed by atoms with van der Waals surface area (Å²) < 4.78 is 0. The maximum Gasteiger partial charge on any atom is 0.253 e. The summed E-state index contributed by atoms with van der Waals surface area (Å²) in [5.74, 6) is 0.850. The molecule has 30 heavy (non-hydrogen) atoms. The highest BCUT2D eigenvalue weighted by atomic mass is 16.1. The van der Waals surface area contributed by atoms with Gasteiger partial charge in [-0.15, -0.1) is 0 Å². The molecule has 5 heteroatoms. The Balaban J connectivity index is 1.35. The monoisotopic (exact) mass is 394 g/mol. The maximum atomic E-state index is 12.4. The minimum atomic E-state index is -0.0604. The number of pyridine rings is 1. The fraction of sp³-hybridized carbons (Fsp3) is 0.120. The quantitative estimate of drug-likeness (QED) is 0.387.